The molecule has 7 heteroatoms. The number of carbonyl (C=O) groups excluding carboxylic acids is 1. The summed E-state index contributed by atoms with van der Waals surface area (Å²) in [6.07, 6.45) is 5.79. The number of hydrogen-bond donors (Lipinski definition) is 2. The predicted molar refractivity (Wildman–Crippen MR) is 95.7 cm³/mol. The molecule has 1 aromatic heterocycles. The van der Waals surface area contributed by atoms with E-state index >= 15 is 0 Å². The summed E-state index contributed by atoms with van der Waals surface area (Å²) in [4.78, 5) is 15.5. The Kier molecular flexibility index (Phi) is 7.08. The van der Waals surface area contributed by atoms with Gasteiger partial charge < -0.3 is 15.8 Å². The number of carbonyl (C=O) groups is 1. The second-order valence-electron chi connectivity index (χ2n) is 5.55. The second-order valence-corrected chi connectivity index (χ2v) is 5.55. The predicted octanol–water partition coefficient (Wildman–Crippen LogP) is 3.61. The van der Waals surface area contributed by atoms with E-state index in [0.717, 1.165) is 18.9 Å². The van der Waals surface area contributed by atoms with E-state index in [1.807, 2.05) is 12.2 Å². The number of nitrogens with one attached hydrogen (secondary N) is 1. The molecule has 0 saturated carbocycles. The molecule has 2 aromatic rings. The Labute approximate surface area is 150 Å². The Morgan fingerprint density at radius 2 is 2.08 bits per heavy atom. The van der Waals surface area contributed by atoms with E-state index in [9.17, 15) is 13.6 Å². The molecule has 0 radical (unpaired) electrons. The van der Waals surface area contributed by atoms with Gasteiger partial charge in [-0.3, -0.25) is 4.79 Å². The number of benzene rings is 1. The zero-order valence-corrected chi connectivity index (χ0v) is 14.5. The van der Waals surface area contributed by atoms with Crippen LogP contribution in [0, 0.1) is 11.8 Å². The lowest BCUT2D eigenvalue weighted by Gasteiger charge is -2.10. The van der Waals surface area contributed by atoms with Crippen molar-refractivity contribution in [2.75, 3.05) is 12.3 Å². The average molecular weight is 361 g/mol. The van der Waals surface area contributed by atoms with Crippen molar-refractivity contribution in [3.63, 3.8) is 0 Å². The molecule has 0 unspecified atom stereocenters. The standard InChI is InChI=1S/C19H21F2N3O2/c1-2-3-4-5-11-26-15-8-6-7-13(17(15)21)12-23-19(25)14-9-10-16(20)24-18(14)22/h4-10H,2-3,11-12H2,1H3,(H2,22,24)(H,23,25)/b5-4+. The van der Waals surface area contributed by atoms with Crippen LogP contribution in [0.15, 0.2) is 42.5 Å². The number of nitrogens with zero attached hydrogens (tertiary/aromatic N) is 1. The summed E-state index contributed by atoms with van der Waals surface area (Å²) < 4.78 is 32.8. The lowest BCUT2D eigenvalue weighted by Crippen LogP contribution is -2.24. The van der Waals surface area contributed by atoms with Gasteiger partial charge in [-0.2, -0.15) is 4.39 Å². The Bertz CT molecular complexity index is 794. The Morgan fingerprint density at radius 3 is 2.81 bits per heavy atom. The van der Waals surface area contributed by atoms with Gasteiger partial charge in [0.05, 0.1) is 5.56 Å². The van der Waals surface area contributed by atoms with Crippen LogP contribution in [0.3, 0.4) is 0 Å². The molecule has 2 rings (SSSR count). The third-order valence-corrected chi connectivity index (χ3v) is 3.58. The summed E-state index contributed by atoms with van der Waals surface area (Å²) in [5.74, 6) is -1.99. The summed E-state index contributed by atoms with van der Waals surface area (Å²) in [6, 6.07) is 6.97. The van der Waals surface area contributed by atoms with Gasteiger partial charge in [-0.15, -0.1) is 0 Å². The van der Waals surface area contributed by atoms with Crippen LogP contribution in [0.5, 0.6) is 5.75 Å². The Morgan fingerprint density at radius 1 is 1.27 bits per heavy atom. The molecule has 3 N–H and O–H groups in total. The second kappa shape index (κ2) is 9.50. The van der Waals surface area contributed by atoms with Gasteiger partial charge in [0.15, 0.2) is 11.6 Å². The van der Waals surface area contributed by atoms with Crippen molar-refractivity contribution < 1.29 is 18.3 Å². The quantitative estimate of drug-likeness (QED) is 0.556. The highest BCUT2D eigenvalue weighted by atomic mass is 19.1. The van der Waals surface area contributed by atoms with Gasteiger partial charge in [-0.25, -0.2) is 9.37 Å². The summed E-state index contributed by atoms with van der Waals surface area (Å²) >= 11 is 0. The smallest absolute Gasteiger partial charge is 0.255 e. The van der Waals surface area contributed by atoms with E-state index in [2.05, 4.69) is 17.2 Å². The van der Waals surface area contributed by atoms with Crippen LogP contribution < -0.4 is 15.8 Å². The number of pyridine rings is 1. The van der Waals surface area contributed by atoms with Crippen molar-refractivity contribution >= 4 is 11.7 Å². The zero-order chi connectivity index (χ0) is 18.9. The molecule has 1 aromatic carbocycles. The Balaban J connectivity index is 1.99. The van der Waals surface area contributed by atoms with Gasteiger partial charge >= 0.3 is 0 Å². The van der Waals surface area contributed by atoms with Crippen molar-refractivity contribution in [1.29, 1.82) is 0 Å². The maximum atomic E-state index is 14.4. The SMILES string of the molecule is CCC/C=C/COc1cccc(CNC(=O)c2ccc(F)nc2N)c1F. The molecule has 0 fully saturated rings. The molecule has 0 saturated heterocycles. The number of aromatic nitrogens is 1. The number of ether oxygens (including phenoxy) is 1. The monoisotopic (exact) mass is 361 g/mol. The largest absolute Gasteiger partial charge is 0.486 e. The number of hydrogen-bond acceptors (Lipinski definition) is 4. The average Bonchev–Trinajstić information content (AvgIpc) is 2.61. The summed E-state index contributed by atoms with van der Waals surface area (Å²) in [7, 11) is 0. The first-order chi connectivity index (χ1) is 12.5. The Hall–Kier alpha value is -2.96. The number of unbranched alkanes of at least 4 members (excludes halogenated alkanes) is 1. The highest BCUT2D eigenvalue weighted by molar-refractivity contribution is 5.98. The van der Waals surface area contributed by atoms with Gasteiger partial charge in [0, 0.05) is 12.1 Å². The maximum Gasteiger partial charge on any atom is 0.255 e. The van der Waals surface area contributed by atoms with E-state index in [-0.39, 0.29) is 35.8 Å². The van der Waals surface area contributed by atoms with Crippen LogP contribution in [0.25, 0.3) is 0 Å². The van der Waals surface area contributed by atoms with Gasteiger partial charge in [-0.05, 0) is 24.6 Å². The minimum Gasteiger partial charge on any atom is -0.486 e. The van der Waals surface area contributed by atoms with E-state index in [0.29, 0.717) is 0 Å². The minimum atomic E-state index is -0.775. The lowest BCUT2D eigenvalue weighted by atomic mass is 10.2. The van der Waals surface area contributed by atoms with Gasteiger partial charge in [0.2, 0.25) is 5.95 Å². The van der Waals surface area contributed by atoms with Crippen LogP contribution in [0.2, 0.25) is 0 Å². The first kappa shape index (κ1) is 19.4. The molecule has 1 heterocycles. The van der Waals surface area contributed by atoms with E-state index in [1.54, 1.807) is 12.1 Å². The van der Waals surface area contributed by atoms with Crippen molar-refractivity contribution in [3.05, 3.63) is 65.4 Å². The molecular weight excluding hydrogens is 340 g/mol. The molecule has 0 aliphatic carbocycles. The fraction of sp³-hybridized carbons (Fsp3) is 0.263. The molecule has 26 heavy (non-hydrogen) atoms. The molecular formula is C19H21F2N3O2. The molecule has 1 amide bonds. The lowest BCUT2D eigenvalue weighted by molar-refractivity contribution is 0.0951. The number of nitrogens with two attached hydrogens (primary N) is 1. The van der Waals surface area contributed by atoms with Crippen molar-refractivity contribution in [3.8, 4) is 5.75 Å². The van der Waals surface area contributed by atoms with Crippen LogP contribution >= 0.6 is 0 Å². The highest BCUT2D eigenvalue weighted by Gasteiger charge is 2.14. The highest BCUT2D eigenvalue weighted by Crippen LogP contribution is 2.20. The normalized spacial score (nSPS) is 10.9. The molecule has 0 aliphatic heterocycles. The van der Waals surface area contributed by atoms with Gasteiger partial charge in [0.1, 0.15) is 12.4 Å². The number of anilines is 1. The van der Waals surface area contributed by atoms with Crippen LogP contribution in [-0.2, 0) is 6.54 Å². The van der Waals surface area contributed by atoms with Crippen molar-refractivity contribution in [1.82, 2.24) is 10.3 Å². The molecule has 138 valence electrons. The number of allylic oxidation sites excluding steroid dienone is 1. The number of amides is 1. The van der Waals surface area contributed by atoms with Gasteiger partial charge in [-0.1, -0.05) is 37.6 Å². The minimum absolute atomic E-state index is 0.0280. The number of halogens is 2. The molecule has 0 atom stereocenters. The zero-order valence-electron chi connectivity index (χ0n) is 14.5. The van der Waals surface area contributed by atoms with Crippen LogP contribution in [0.4, 0.5) is 14.6 Å². The summed E-state index contributed by atoms with van der Waals surface area (Å²) in [5, 5.41) is 2.54. The van der Waals surface area contributed by atoms with Crippen LogP contribution in [0.1, 0.15) is 35.7 Å². The molecule has 0 spiro atoms. The fourth-order valence-corrected chi connectivity index (χ4v) is 2.21. The van der Waals surface area contributed by atoms with Gasteiger partial charge in [0.25, 0.3) is 5.91 Å². The first-order valence-corrected chi connectivity index (χ1v) is 8.28. The molecule has 0 bridgehead atoms. The number of rotatable bonds is 8. The third kappa shape index (κ3) is 5.27. The fourth-order valence-electron chi connectivity index (χ4n) is 2.21. The van der Waals surface area contributed by atoms with Crippen molar-refractivity contribution in [2.24, 2.45) is 0 Å². The number of nitrogen functional groups attached to an aromatic ring is 1. The van der Waals surface area contributed by atoms with E-state index in [1.165, 1.54) is 12.1 Å². The summed E-state index contributed by atoms with van der Waals surface area (Å²) in [6.45, 7) is 2.27. The van der Waals surface area contributed by atoms with E-state index in [4.69, 9.17) is 10.5 Å². The summed E-state index contributed by atoms with van der Waals surface area (Å²) in [5.41, 5.74) is 5.82. The topological polar surface area (TPSA) is 77.2 Å². The van der Waals surface area contributed by atoms with Crippen molar-refractivity contribution in [2.45, 2.75) is 26.3 Å². The third-order valence-electron chi connectivity index (χ3n) is 3.58. The first-order valence-electron chi connectivity index (χ1n) is 8.28. The van der Waals surface area contributed by atoms with E-state index < -0.39 is 17.7 Å². The maximum absolute atomic E-state index is 14.4. The molecule has 0 aliphatic rings. The van der Waals surface area contributed by atoms with Crippen LogP contribution in [-0.4, -0.2) is 17.5 Å². The molecule has 5 nitrogen and oxygen atoms in total.